The van der Waals surface area contributed by atoms with E-state index in [1.165, 1.54) is 0 Å². The highest BCUT2D eigenvalue weighted by Crippen LogP contribution is 2.35. The van der Waals surface area contributed by atoms with Gasteiger partial charge in [0.25, 0.3) is 0 Å². The SMILES string of the molecule is Clc1ccc(OCc2cc(COc3ccc(Cl)c4cccnc34)c(COc3ccc(Cl)c4cccnc34)cc2COc2ccc(Cl)c3cccnc23)c2ncccc12. The number of aromatic nitrogens is 4. The molecule has 286 valence electrons. The van der Waals surface area contributed by atoms with E-state index in [9.17, 15) is 0 Å². The maximum Gasteiger partial charge on any atom is 0.146 e. The molecule has 5 aromatic carbocycles. The first-order valence-electron chi connectivity index (χ1n) is 18.2. The van der Waals surface area contributed by atoms with Crippen LogP contribution in [-0.2, 0) is 26.4 Å². The summed E-state index contributed by atoms with van der Waals surface area (Å²) in [6, 6.07) is 33.7. The van der Waals surface area contributed by atoms with Gasteiger partial charge >= 0.3 is 0 Å². The molecule has 0 N–H and O–H groups in total. The van der Waals surface area contributed by atoms with Gasteiger partial charge in [0, 0.05) is 46.3 Å². The van der Waals surface area contributed by atoms with Crippen LogP contribution < -0.4 is 18.9 Å². The van der Waals surface area contributed by atoms with Crippen molar-refractivity contribution in [3.8, 4) is 23.0 Å². The van der Waals surface area contributed by atoms with Crippen LogP contribution in [0.1, 0.15) is 22.3 Å². The largest absolute Gasteiger partial charge is 0.487 e. The van der Waals surface area contributed by atoms with Gasteiger partial charge in [-0.15, -0.1) is 0 Å². The van der Waals surface area contributed by atoms with Crippen molar-refractivity contribution in [2.24, 2.45) is 0 Å². The molecule has 0 aliphatic carbocycles. The van der Waals surface area contributed by atoms with Crippen LogP contribution in [0.4, 0.5) is 0 Å². The fraction of sp³-hybridized carbons (Fsp3) is 0.0870. The summed E-state index contributed by atoms with van der Waals surface area (Å²) >= 11 is 26.1. The van der Waals surface area contributed by atoms with Gasteiger partial charge in [-0.05, 0) is 131 Å². The van der Waals surface area contributed by atoms with Gasteiger partial charge < -0.3 is 18.9 Å². The Labute approximate surface area is 352 Å². The maximum atomic E-state index is 6.53. The summed E-state index contributed by atoms with van der Waals surface area (Å²) in [5.74, 6) is 2.35. The third-order valence-electron chi connectivity index (χ3n) is 9.77. The van der Waals surface area contributed by atoms with Gasteiger partial charge in [0.15, 0.2) is 0 Å². The lowest BCUT2D eigenvalue weighted by molar-refractivity contribution is 0.278. The average molecular weight is 845 g/mol. The molecule has 0 radical (unpaired) electrons. The van der Waals surface area contributed by atoms with Crippen LogP contribution in [0.25, 0.3) is 43.6 Å². The van der Waals surface area contributed by atoms with Gasteiger partial charge in [0.2, 0.25) is 0 Å². The maximum absolute atomic E-state index is 6.53. The number of ether oxygens (including phenoxy) is 4. The molecule has 0 bridgehead atoms. The summed E-state index contributed by atoms with van der Waals surface area (Å²) in [4.78, 5) is 18.3. The lowest BCUT2D eigenvalue weighted by Crippen LogP contribution is -2.11. The van der Waals surface area contributed by atoms with Crippen molar-refractivity contribution in [2.75, 3.05) is 0 Å². The Morgan fingerprint density at radius 3 is 0.810 bits per heavy atom. The number of halogens is 4. The average Bonchev–Trinajstić information content (AvgIpc) is 3.26. The minimum absolute atomic E-state index is 0.178. The Kier molecular flexibility index (Phi) is 10.7. The molecule has 9 aromatic rings. The minimum atomic E-state index is 0.178. The van der Waals surface area contributed by atoms with Gasteiger partial charge in [-0.2, -0.15) is 0 Å². The number of nitrogens with zero attached hydrogens (tertiary/aromatic N) is 4. The summed E-state index contributed by atoms with van der Waals surface area (Å²) in [6.45, 7) is 0.710. The van der Waals surface area contributed by atoms with Crippen molar-refractivity contribution in [1.29, 1.82) is 0 Å². The number of benzene rings is 5. The van der Waals surface area contributed by atoms with E-state index in [1.54, 1.807) is 24.8 Å². The zero-order valence-corrected chi connectivity index (χ0v) is 33.5. The fourth-order valence-corrected chi connectivity index (χ4v) is 7.73. The lowest BCUT2D eigenvalue weighted by Gasteiger charge is -2.20. The van der Waals surface area contributed by atoms with Crippen molar-refractivity contribution in [2.45, 2.75) is 26.4 Å². The highest BCUT2D eigenvalue weighted by molar-refractivity contribution is 6.36. The molecule has 0 spiro atoms. The standard InChI is InChI=1S/C46H30Cl4N4O4/c47-35-9-13-39(43-31(35)5-1-17-51-43)55-23-27-21-29(25-57-41-15-11-37(49)33-7-3-19-53-45(33)41)30(26-58-42-16-12-38(50)34-8-4-20-54-46(34)42)22-28(27)24-56-40-14-10-36(48)32-6-2-18-52-44(32)40/h1-22H,23-26H2. The van der Waals surface area contributed by atoms with Crippen LogP contribution in [0.15, 0.2) is 134 Å². The van der Waals surface area contributed by atoms with Crippen LogP contribution >= 0.6 is 46.4 Å². The summed E-state index contributed by atoms with van der Waals surface area (Å²) in [5, 5.41) is 5.53. The molecule has 0 fully saturated rings. The van der Waals surface area contributed by atoms with E-state index in [4.69, 9.17) is 65.4 Å². The topological polar surface area (TPSA) is 88.5 Å². The zero-order chi connectivity index (χ0) is 39.6. The molecule has 0 unspecified atom stereocenters. The second-order valence-corrected chi connectivity index (χ2v) is 15.0. The molecule has 0 aliphatic rings. The van der Waals surface area contributed by atoms with Gasteiger partial charge in [0.1, 0.15) is 71.5 Å². The van der Waals surface area contributed by atoms with Crippen LogP contribution in [0.3, 0.4) is 0 Å². The third-order valence-corrected chi connectivity index (χ3v) is 11.1. The van der Waals surface area contributed by atoms with Crippen LogP contribution in [0.2, 0.25) is 20.1 Å². The Morgan fingerprint density at radius 1 is 0.328 bits per heavy atom. The molecule has 58 heavy (non-hydrogen) atoms. The van der Waals surface area contributed by atoms with Crippen molar-refractivity contribution < 1.29 is 18.9 Å². The van der Waals surface area contributed by atoms with Crippen LogP contribution in [0, 0.1) is 0 Å². The van der Waals surface area contributed by atoms with E-state index >= 15 is 0 Å². The third kappa shape index (κ3) is 7.60. The van der Waals surface area contributed by atoms with E-state index in [-0.39, 0.29) is 26.4 Å². The molecule has 12 heteroatoms. The predicted octanol–water partition coefficient (Wildman–Crippen LogP) is 12.8. The fourth-order valence-electron chi connectivity index (χ4n) is 6.86. The number of rotatable bonds is 12. The first-order valence-corrected chi connectivity index (χ1v) is 19.7. The van der Waals surface area contributed by atoms with E-state index in [2.05, 4.69) is 32.1 Å². The normalized spacial score (nSPS) is 11.4. The zero-order valence-electron chi connectivity index (χ0n) is 30.5. The van der Waals surface area contributed by atoms with Crippen molar-refractivity contribution in [3.63, 3.8) is 0 Å². The van der Waals surface area contributed by atoms with Crippen molar-refractivity contribution in [1.82, 2.24) is 19.9 Å². The molecule has 0 saturated carbocycles. The highest BCUT2D eigenvalue weighted by Gasteiger charge is 2.18. The van der Waals surface area contributed by atoms with Gasteiger partial charge in [-0.25, -0.2) is 0 Å². The van der Waals surface area contributed by atoms with Gasteiger partial charge in [-0.3, -0.25) is 19.9 Å². The van der Waals surface area contributed by atoms with E-state index in [1.807, 2.05) is 97.1 Å². The molecule has 9 rings (SSSR count). The molecular formula is C46H30Cl4N4O4. The first kappa shape index (κ1) is 37.7. The number of fused-ring (bicyclic) bond motifs is 4. The Morgan fingerprint density at radius 2 is 0.569 bits per heavy atom. The smallest absolute Gasteiger partial charge is 0.146 e. The Balaban J connectivity index is 1.12. The monoisotopic (exact) mass is 842 g/mol. The minimum Gasteiger partial charge on any atom is -0.487 e. The summed E-state index contributed by atoms with van der Waals surface area (Å²) < 4.78 is 26.1. The van der Waals surface area contributed by atoms with Crippen LogP contribution in [0.5, 0.6) is 23.0 Å². The molecule has 8 nitrogen and oxygen atoms in total. The summed E-state index contributed by atoms with van der Waals surface area (Å²) in [6.07, 6.45) is 6.87. The second-order valence-electron chi connectivity index (χ2n) is 13.3. The number of hydrogen-bond donors (Lipinski definition) is 0. The van der Waals surface area contributed by atoms with Gasteiger partial charge in [-0.1, -0.05) is 46.4 Å². The van der Waals surface area contributed by atoms with E-state index < -0.39 is 0 Å². The molecule has 0 saturated heterocycles. The predicted molar refractivity (Wildman–Crippen MR) is 231 cm³/mol. The Bertz CT molecular complexity index is 2600. The molecule has 0 atom stereocenters. The van der Waals surface area contributed by atoms with E-state index in [0.29, 0.717) is 65.2 Å². The number of pyridine rings is 4. The molecule has 4 heterocycles. The molecule has 0 amide bonds. The van der Waals surface area contributed by atoms with E-state index in [0.717, 1.165) is 43.8 Å². The first-order chi connectivity index (χ1) is 28.4. The number of hydrogen-bond acceptors (Lipinski definition) is 8. The lowest BCUT2D eigenvalue weighted by atomic mass is 9.99. The van der Waals surface area contributed by atoms with Crippen molar-refractivity contribution in [3.05, 3.63) is 176 Å². The molecule has 4 aromatic heterocycles. The quantitative estimate of drug-likeness (QED) is 0.120. The van der Waals surface area contributed by atoms with Crippen molar-refractivity contribution >= 4 is 90.0 Å². The second kappa shape index (κ2) is 16.5. The van der Waals surface area contributed by atoms with Crippen LogP contribution in [-0.4, -0.2) is 19.9 Å². The Hall–Kier alpha value is -5.90. The molecule has 0 aliphatic heterocycles. The highest BCUT2D eigenvalue weighted by atomic mass is 35.5. The molecular weight excluding hydrogens is 814 g/mol. The summed E-state index contributed by atoms with van der Waals surface area (Å²) in [7, 11) is 0. The van der Waals surface area contributed by atoms with Gasteiger partial charge in [0.05, 0.1) is 20.1 Å². The summed E-state index contributed by atoms with van der Waals surface area (Å²) in [5.41, 5.74) is 6.04.